The molecule has 0 aliphatic carbocycles. The highest BCUT2D eigenvalue weighted by Crippen LogP contribution is 2.30. The van der Waals surface area contributed by atoms with E-state index in [2.05, 4.69) is 10.1 Å². The van der Waals surface area contributed by atoms with Crippen LogP contribution in [0.25, 0.3) is 10.2 Å². The van der Waals surface area contributed by atoms with Crippen molar-refractivity contribution in [3.8, 4) is 5.75 Å². The second-order valence-electron chi connectivity index (χ2n) is 8.02. The van der Waals surface area contributed by atoms with Crippen LogP contribution in [0.2, 0.25) is 0 Å². The summed E-state index contributed by atoms with van der Waals surface area (Å²) in [5, 5.41) is 5.90. The lowest BCUT2D eigenvalue weighted by Crippen LogP contribution is -2.25. The van der Waals surface area contributed by atoms with Crippen molar-refractivity contribution < 1.29 is 18.7 Å². The Morgan fingerprint density at radius 3 is 2.27 bits per heavy atom. The number of ether oxygens (including phenoxy) is 1. The number of fused-ring (bicyclic) bond motifs is 1. The number of ketones is 1. The Labute approximate surface area is 216 Å². The van der Waals surface area contributed by atoms with E-state index in [0.717, 1.165) is 16.9 Å². The molecule has 0 atom stereocenters. The summed E-state index contributed by atoms with van der Waals surface area (Å²) in [5.41, 5.74) is 2.65. The Morgan fingerprint density at radius 2 is 1.57 bits per heavy atom. The maximum absolute atomic E-state index is 13.8. The van der Waals surface area contributed by atoms with Crippen LogP contribution >= 0.6 is 11.3 Å². The lowest BCUT2D eigenvalue weighted by Gasteiger charge is -2.14. The van der Waals surface area contributed by atoms with E-state index in [0.29, 0.717) is 37.8 Å². The van der Waals surface area contributed by atoms with Gasteiger partial charge in [-0.05, 0) is 60.2 Å². The van der Waals surface area contributed by atoms with Crippen molar-refractivity contribution in [1.82, 2.24) is 4.98 Å². The molecular formula is C29H20FN3O3S. The molecule has 0 spiro atoms. The highest BCUT2D eigenvalue weighted by molar-refractivity contribution is 7.22. The molecule has 4 aromatic carbocycles. The third kappa shape index (κ3) is 5.29. The first-order valence-corrected chi connectivity index (χ1v) is 12.1. The number of nitrogens with zero attached hydrogens (tertiary/aromatic N) is 3. The number of benzene rings is 4. The van der Waals surface area contributed by atoms with Crippen molar-refractivity contribution in [3.05, 3.63) is 125 Å². The SMILES string of the molecule is COc1ccc(/C=N/N(C(=O)c2ccc(C(=O)c3ccccc3)cc2)c2nc3ccc(F)cc3s2)cc1. The molecule has 8 heteroatoms. The summed E-state index contributed by atoms with van der Waals surface area (Å²) in [6.45, 7) is 0. The van der Waals surface area contributed by atoms with Crippen molar-refractivity contribution in [2.24, 2.45) is 5.10 Å². The van der Waals surface area contributed by atoms with E-state index in [9.17, 15) is 14.0 Å². The van der Waals surface area contributed by atoms with Gasteiger partial charge in [-0.15, -0.1) is 0 Å². The lowest BCUT2D eigenvalue weighted by molar-refractivity contribution is 0.0985. The van der Waals surface area contributed by atoms with Crippen molar-refractivity contribution in [3.63, 3.8) is 0 Å². The number of thiazole rings is 1. The van der Waals surface area contributed by atoms with Crippen LogP contribution in [0.1, 0.15) is 31.8 Å². The van der Waals surface area contributed by atoms with E-state index in [1.165, 1.54) is 23.4 Å². The molecule has 6 nitrogen and oxygen atoms in total. The zero-order valence-electron chi connectivity index (χ0n) is 19.7. The minimum Gasteiger partial charge on any atom is -0.497 e. The predicted molar refractivity (Wildman–Crippen MR) is 143 cm³/mol. The van der Waals surface area contributed by atoms with Crippen LogP contribution in [0.15, 0.2) is 102 Å². The Bertz CT molecular complexity index is 1600. The quantitative estimate of drug-likeness (QED) is 0.145. The van der Waals surface area contributed by atoms with E-state index < -0.39 is 5.91 Å². The highest BCUT2D eigenvalue weighted by atomic mass is 32.1. The standard InChI is InChI=1S/C29H20FN3O3S/c1-36-24-14-7-19(8-15-24)18-31-33(29-32-25-16-13-23(30)17-26(25)37-29)28(35)22-11-9-21(10-12-22)27(34)20-5-3-2-4-6-20/h2-18H,1H3/b31-18+. The fourth-order valence-corrected chi connectivity index (χ4v) is 4.57. The zero-order chi connectivity index (χ0) is 25.8. The van der Waals surface area contributed by atoms with Gasteiger partial charge in [0.15, 0.2) is 5.78 Å². The number of halogens is 1. The number of methoxy groups -OCH3 is 1. The average Bonchev–Trinajstić information content (AvgIpc) is 3.36. The minimum absolute atomic E-state index is 0.137. The summed E-state index contributed by atoms with van der Waals surface area (Å²) in [5.74, 6) is -0.269. The number of amides is 1. The van der Waals surface area contributed by atoms with Crippen molar-refractivity contribution in [1.29, 1.82) is 0 Å². The predicted octanol–water partition coefficient (Wildman–Crippen LogP) is 6.36. The highest BCUT2D eigenvalue weighted by Gasteiger charge is 2.22. The summed E-state index contributed by atoms with van der Waals surface area (Å²) in [7, 11) is 1.58. The Balaban J connectivity index is 1.47. The van der Waals surface area contributed by atoms with Gasteiger partial charge in [0.25, 0.3) is 5.91 Å². The summed E-state index contributed by atoms with van der Waals surface area (Å²) in [4.78, 5) is 30.8. The van der Waals surface area contributed by atoms with Gasteiger partial charge in [-0.25, -0.2) is 9.37 Å². The van der Waals surface area contributed by atoms with Crippen molar-refractivity contribution in [2.75, 3.05) is 12.1 Å². The molecule has 0 saturated heterocycles. The summed E-state index contributed by atoms with van der Waals surface area (Å²) in [6.07, 6.45) is 1.54. The maximum Gasteiger partial charge on any atom is 0.280 e. The molecule has 0 saturated carbocycles. The molecule has 182 valence electrons. The van der Waals surface area contributed by atoms with Crippen LogP contribution in [0.4, 0.5) is 9.52 Å². The van der Waals surface area contributed by atoms with Gasteiger partial charge < -0.3 is 4.74 Å². The molecule has 1 amide bonds. The zero-order valence-corrected chi connectivity index (χ0v) is 20.5. The molecule has 0 aliphatic rings. The third-order valence-corrected chi connectivity index (χ3v) is 6.57. The van der Waals surface area contributed by atoms with E-state index in [-0.39, 0.29) is 11.6 Å². The molecule has 5 rings (SSSR count). The number of carbonyl (C=O) groups is 2. The van der Waals surface area contributed by atoms with Gasteiger partial charge in [0, 0.05) is 16.7 Å². The van der Waals surface area contributed by atoms with Gasteiger partial charge in [0.05, 0.1) is 23.5 Å². The molecule has 0 unspecified atom stereocenters. The van der Waals surface area contributed by atoms with E-state index in [1.54, 1.807) is 73.8 Å². The molecule has 0 fully saturated rings. The smallest absolute Gasteiger partial charge is 0.280 e. The van der Waals surface area contributed by atoms with Gasteiger partial charge >= 0.3 is 0 Å². The van der Waals surface area contributed by atoms with Crippen LogP contribution < -0.4 is 9.75 Å². The molecule has 0 bridgehead atoms. The molecule has 0 radical (unpaired) electrons. The first kappa shape index (κ1) is 24.0. The Kier molecular flexibility index (Phi) is 6.83. The number of hydrogen-bond donors (Lipinski definition) is 0. The van der Waals surface area contributed by atoms with Crippen LogP contribution in [-0.2, 0) is 0 Å². The normalized spacial score (nSPS) is 11.1. The number of hydrogen-bond acceptors (Lipinski definition) is 6. The number of rotatable bonds is 7. The average molecular weight is 510 g/mol. The third-order valence-electron chi connectivity index (χ3n) is 5.58. The maximum atomic E-state index is 13.8. The second kappa shape index (κ2) is 10.5. The molecule has 0 N–H and O–H groups in total. The summed E-state index contributed by atoms with van der Waals surface area (Å²) < 4.78 is 19.5. The largest absolute Gasteiger partial charge is 0.497 e. The van der Waals surface area contributed by atoms with E-state index in [4.69, 9.17) is 4.74 Å². The molecule has 1 heterocycles. The molecule has 5 aromatic rings. The van der Waals surface area contributed by atoms with Crippen LogP contribution in [0, 0.1) is 5.82 Å². The van der Waals surface area contributed by atoms with Gasteiger partial charge in [0.2, 0.25) is 5.13 Å². The van der Waals surface area contributed by atoms with Crippen LogP contribution in [-0.4, -0.2) is 30.0 Å². The van der Waals surface area contributed by atoms with Gasteiger partial charge in [0.1, 0.15) is 11.6 Å². The molecule has 1 aromatic heterocycles. The monoisotopic (exact) mass is 509 g/mol. The van der Waals surface area contributed by atoms with Crippen LogP contribution in [0.5, 0.6) is 5.75 Å². The van der Waals surface area contributed by atoms with E-state index >= 15 is 0 Å². The first-order valence-electron chi connectivity index (χ1n) is 11.3. The molecule has 37 heavy (non-hydrogen) atoms. The molecular weight excluding hydrogens is 489 g/mol. The van der Waals surface area contributed by atoms with Crippen molar-refractivity contribution >= 4 is 44.6 Å². The van der Waals surface area contributed by atoms with E-state index in [1.807, 2.05) is 18.2 Å². The van der Waals surface area contributed by atoms with Crippen LogP contribution in [0.3, 0.4) is 0 Å². The Hall–Kier alpha value is -4.69. The van der Waals surface area contributed by atoms with Crippen molar-refractivity contribution in [2.45, 2.75) is 0 Å². The second-order valence-corrected chi connectivity index (χ2v) is 9.02. The first-order chi connectivity index (χ1) is 18.0. The summed E-state index contributed by atoms with van der Waals surface area (Å²) >= 11 is 1.16. The fraction of sp³-hybridized carbons (Fsp3) is 0.0345. The summed E-state index contributed by atoms with van der Waals surface area (Å²) in [6, 6.07) is 26.8. The molecule has 0 aliphatic heterocycles. The lowest BCUT2D eigenvalue weighted by atomic mass is 10.0. The number of carbonyl (C=O) groups excluding carboxylic acids is 2. The minimum atomic E-state index is -0.442. The Morgan fingerprint density at radius 1 is 0.892 bits per heavy atom. The van der Waals surface area contributed by atoms with Gasteiger partial charge in [-0.2, -0.15) is 10.1 Å². The number of anilines is 1. The number of aromatic nitrogens is 1. The topological polar surface area (TPSA) is 71.9 Å². The fourth-order valence-electron chi connectivity index (χ4n) is 3.62. The van der Waals surface area contributed by atoms with Gasteiger partial charge in [-0.3, -0.25) is 9.59 Å². The van der Waals surface area contributed by atoms with Gasteiger partial charge in [-0.1, -0.05) is 53.8 Å². The number of hydrazone groups is 1.